The Kier molecular flexibility index (Phi) is 3.08. The normalized spacial score (nSPS) is 13.0. The number of aliphatic hydroxyl groups excluding tert-OH is 1. The molecule has 5 heteroatoms. The van der Waals surface area contributed by atoms with Crippen molar-refractivity contribution in [3.8, 4) is 0 Å². The number of aromatic nitrogens is 3. The molecular formula is C14H15N3OS. The van der Waals surface area contributed by atoms with Gasteiger partial charge in [0.25, 0.3) is 0 Å². The first-order valence-electron chi connectivity index (χ1n) is 6.16. The molecule has 4 nitrogen and oxygen atoms in total. The Morgan fingerprint density at radius 1 is 1.37 bits per heavy atom. The van der Waals surface area contributed by atoms with E-state index in [1.807, 2.05) is 43.6 Å². The lowest BCUT2D eigenvalue weighted by Crippen LogP contribution is -2.04. The van der Waals surface area contributed by atoms with E-state index >= 15 is 0 Å². The van der Waals surface area contributed by atoms with Crippen molar-refractivity contribution in [1.29, 1.82) is 0 Å². The lowest BCUT2D eigenvalue weighted by Gasteiger charge is -2.06. The van der Waals surface area contributed by atoms with E-state index < -0.39 is 6.10 Å². The van der Waals surface area contributed by atoms with Gasteiger partial charge in [-0.25, -0.2) is 4.98 Å². The summed E-state index contributed by atoms with van der Waals surface area (Å²) >= 11 is 1.60. The van der Waals surface area contributed by atoms with Gasteiger partial charge in [0.05, 0.1) is 21.9 Å². The monoisotopic (exact) mass is 273 g/mol. The zero-order valence-corrected chi connectivity index (χ0v) is 11.7. The van der Waals surface area contributed by atoms with Gasteiger partial charge in [-0.2, -0.15) is 5.10 Å². The van der Waals surface area contributed by atoms with Crippen molar-refractivity contribution < 1.29 is 5.11 Å². The minimum absolute atomic E-state index is 0.505. The average molecular weight is 273 g/mol. The molecule has 3 aromatic rings. The highest BCUT2D eigenvalue weighted by atomic mass is 32.1. The Hall–Kier alpha value is -1.72. The number of thiazole rings is 1. The zero-order valence-electron chi connectivity index (χ0n) is 10.9. The molecule has 0 aliphatic rings. The summed E-state index contributed by atoms with van der Waals surface area (Å²) in [5, 5.41) is 18.8. The van der Waals surface area contributed by atoms with Crippen molar-refractivity contribution in [2.24, 2.45) is 7.05 Å². The van der Waals surface area contributed by atoms with Crippen LogP contribution in [0.2, 0.25) is 0 Å². The zero-order chi connectivity index (χ0) is 13.4. The maximum Gasteiger partial charge on any atom is 0.104 e. The first kappa shape index (κ1) is 12.3. The summed E-state index contributed by atoms with van der Waals surface area (Å²) in [5.41, 5.74) is 2.68. The molecule has 2 heterocycles. The van der Waals surface area contributed by atoms with E-state index in [1.165, 1.54) is 0 Å². The SMILES string of the molecule is Cc1nc(CC(O)c2nn(C)c3ccccc23)cs1. The van der Waals surface area contributed by atoms with Crippen molar-refractivity contribution in [2.45, 2.75) is 19.4 Å². The Morgan fingerprint density at radius 3 is 2.89 bits per heavy atom. The Bertz CT molecular complexity index is 716. The second-order valence-corrected chi connectivity index (χ2v) is 5.67. The largest absolute Gasteiger partial charge is 0.386 e. The lowest BCUT2D eigenvalue weighted by molar-refractivity contribution is 0.173. The number of nitrogens with zero attached hydrogens (tertiary/aromatic N) is 3. The molecule has 2 aromatic heterocycles. The highest BCUT2D eigenvalue weighted by molar-refractivity contribution is 7.09. The third kappa shape index (κ3) is 2.27. The summed E-state index contributed by atoms with van der Waals surface area (Å²) in [6.07, 6.45) is -0.113. The first-order chi connectivity index (χ1) is 9.15. The van der Waals surface area contributed by atoms with Gasteiger partial charge in [0.2, 0.25) is 0 Å². The standard InChI is InChI=1S/C14H15N3OS/c1-9-15-10(8-19-9)7-13(18)14-11-5-3-4-6-12(11)17(2)16-14/h3-6,8,13,18H,7H2,1-2H3. The number of para-hydroxylation sites is 1. The quantitative estimate of drug-likeness (QED) is 0.798. The van der Waals surface area contributed by atoms with Crippen molar-refractivity contribution in [3.63, 3.8) is 0 Å². The van der Waals surface area contributed by atoms with E-state index in [2.05, 4.69) is 10.1 Å². The molecule has 0 saturated heterocycles. The number of rotatable bonds is 3. The minimum atomic E-state index is -0.618. The second kappa shape index (κ2) is 4.75. The summed E-state index contributed by atoms with van der Waals surface area (Å²) in [5.74, 6) is 0. The van der Waals surface area contributed by atoms with Gasteiger partial charge in [0, 0.05) is 24.2 Å². The van der Waals surface area contributed by atoms with Crippen LogP contribution < -0.4 is 0 Å². The van der Waals surface area contributed by atoms with Gasteiger partial charge in [0.1, 0.15) is 6.10 Å². The molecule has 1 unspecified atom stereocenters. The van der Waals surface area contributed by atoms with Gasteiger partial charge in [-0.05, 0) is 13.0 Å². The van der Waals surface area contributed by atoms with E-state index in [0.717, 1.165) is 27.3 Å². The van der Waals surface area contributed by atoms with Gasteiger partial charge in [-0.15, -0.1) is 11.3 Å². The Labute approximate surface area is 115 Å². The fourth-order valence-corrected chi connectivity index (χ4v) is 2.91. The van der Waals surface area contributed by atoms with Crippen molar-refractivity contribution >= 4 is 22.2 Å². The van der Waals surface area contributed by atoms with Crippen LogP contribution in [0.25, 0.3) is 10.9 Å². The molecule has 98 valence electrons. The number of aliphatic hydroxyl groups is 1. The van der Waals surface area contributed by atoms with Crippen LogP contribution in [0.15, 0.2) is 29.6 Å². The number of aryl methyl sites for hydroxylation is 2. The molecule has 0 bridgehead atoms. The number of hydrogen-bond acceptors (Lipinski definition) is 4. The lowest BCUT2D eigenvalue weighted by atomic mass is 10.1. The van der Waals surface area contributed by atoms with E-state index in [-0.39, 0.29) is 0 Å². The van der Waals surface area contributed by atoms with Gasteiger partial charge in [0.15, 0.2) is 0 Å². The van der Waals surface area contributed by atoms with Gasteiger partial charge in [-0.1, -0.05) is 18.2 Å². The van der Waals surface area contributed by atoms with Crippen LogP contribution in [0.4, 0.5) is 0 Å². The summed E-state index contributed by atoms with van der Waals surface area (Å²) in [7, 11) is 1.89. The molecule has 1 aromatic carbocycles. The highest BCUT2D eigenvalue weighted by Crippen LogP contribution is 2.25. The molecule has 3 rings (SSSR count). The molecule has 0 fully saturated rings. The molecule has 1 N–H and O–H groups in total. The summed E-state index contributed by atoms with van der Waals surface area (Å²) in [6.45, 7) is 1.97. The molecule has 0 aliphatic carbocycles. The predicted octanol–water partition coefficient (Wildman–Crippen LogP) is 2.61. The van der Waals surface area contributed by atoms with Crippen LogP contribution in [0.3, 0.4) is 0 Å². The molecule has 0 amide bonds. The van der Waals surface area contributed by atoms with Crippen LogP contribution in [-0.4, -0.2) is 19.9 Å². The van der Waals surface area contributed by atoms with Crippen LogP contribution >= 0.6 is 11.3 Å². The molecule has 0 radical (unpaired) electrons. The van der Waals surface area contributed by atoms with Crippen LogP contribution in [0.1, 0.15) is 22.5 Å². The summed E-state index contributed by atoms with van der Waals surface area (Å²) < 4.78 is 1.81. The van der Waals surface area contributed by atoms with Gasteiger partial charge < -0.3 is 5.11 Å². The van der Waals surface area contributed by atoms with Gasteiger partial charge >= 0.3 is 0 Å². The third-order valence-corrected chi connectivity index (χ3v) is 3.99. The van der Waals surface area contributed by atoms with E-state index in [9.17, 15) is 5.11 Å². The minimum Gasteiger partial charge on any atom is -0.386 e. The molecule has 0 saturated carbocycles. The van der Waals surface area contributed by atoms with E-state index in [4.69, 9.17) is 0 Å². The van der Waals surface area contributed by atoms with Crippen molar-refractivity contribution in [2.75, 3.05) is 0 Å². The fourth-order valence-electron chi connectivity index (χ4n) is 2.28. The highest BCUT2D eigenvalue weighted by Gasteiger charge is 2.17. The fraction of sp³-hybridized carbons (Fsp3) is 0.286. The van der Waals surface area contributed by atoms with Crippen molar-refractivity contribution in [3.05, 3.63) is 46.0 Å². The van der Waals surface area contributed by atoms with Crippen LogP contribution in [0.5, 0.6) is 0 Å². The first-order valence-corrected chi connectivity index (χ1v) is 7.04. The maximum absolute atomic E-state index is 10.4. The smallest absolute Gasteiger partial charge is 0.104 e. The topological polar surface area (TPSA) is 50.9 Å². The molecular weight excluding hydrogens is 258 g/mol. The second-order valence-electron chi connectivity index (χ2n) is 4.60. The Balaban J connectivity index is 1.95. The number of hydrogen-bond donors (Lipinski definition) is 1. The van der Waals surface area contributed by atoms with Crippen LogP contribution in [-0.2, 0) is 13.5 Å². The molecule has 19 heavy (non-hydrogen) atoms. The van der Waals surface area contributed by atoms with Gasteiger partial charge in [-0.3, -0.25) is 4.68 Å². The molecule has 0 aliphatic heterocycles. The summed E-state index contributed by atoms with van der Waals surface area (Å²) in [6, 6.07) is 7.94. The molecule has 1 atom stereocenters. The van der Waals surface area contributed by atoms with E-state index in [0.29, 0.717) is 6.42 Å². The van der Waals surface area contributed by atoms with Crippen LogP contribution in [0, 0.1) is 6.92 Å². The summed E-state index contributed by atoms with van der Waals surface area (Å²) in [4.78, 5) is 4.39. The Morgan fingerprint density at radius 2 is 2.16 bits per heavy atom. The van der Waals surface area contributed by atoms with Crippen molar-refractivity contribution in [1.82, 2.24) is 14.8 Å². The average Bonchev–Trinajstić information content (AvgIpc) is 2.95. The number of benzene rings is 1. The molecule has 0 spiro atoms. The van der Waals surface area contributed by atoms with E-state index in [1.54, 1.807) is 16.0 Å². The predicted molar refractivity (Wildman–Crippen MR) is 76.2 cm³/mol. The maximum atomic E-state index is 10.4. The number of fused-ring (bicyclic) bond motifs is 1. The third-order valence-electron chi connectivity index (χ3n) is 3.17.